The number of aryl methyl sites for hydroxylation is 2. The van der Waals surface area contributed by atoms with Crippen LogP contribution >= 0.6 is 11.3 Å². The molecule has 2 heterocycles. The number of nitrogens with two attached hydrogens (primary N) is 1. The Hall–Kier alpha value is -3.12. The summed E-state index contributed by atoms with van der Waals surface area (Å²) in [5, 5.41) is 4.72. The van der Waals surface area contributed by atoms with Gasteiger partial charge in [0, 0.05) is 10.8 Å². The largest absolute Gasteiger partial charge is 0.495 e. The smallest absolute Gasteiger partial charge is 0.268 e. The van der Waals surface area contributed by atoms with E-state index in [2.05, 4.69) is 5.32 Å². The lowest BCUT2D eigenvalue weighted by Crippen LogP contribution is -2.12. The number of carbonyl (C=O) groups is 1. The van der Waals surface area contributed by atoms with Crippen molar-refractivity contribution in [3.63, 3.8) is 0 Å². The van der Waals surface area contributed by atoms with Crippen LogP contribution in [0.1, 0.15) is 20.8 Å². The molecule has 0 aliphatic heterocycles. The van der Waals surface area contributed by atoms with Gasteiger partial charge in [0.1, 0.15) is 15.5 Å². The third kappa shape index (κ3) is 3.08. The van der Waals surface area contributed by atoms with E-state index in [-0.39, 0.29) is 5.91 Å². The number of nitrogens with one attached hydrogen (secondary N) is 1. The number of methoxy groups -OCH3 is 1. The van der Waals surface area contributed by atoms with Crippen molar-refractivity contribution in [3.8, 4) is 5.75 Å². The molecule has 0 radical (unpaired) electrons. The van der Waals surface area contributed by atoms with Crippen molar-refractivity contribution < 1.29 is 9.53 Å². The number of ether oxygens (including phenoxy) is 1. The number of nitrogen functional groups attached to an aromatic ring is 1. The Morgan fingerprint density at radius 1 is 1.11 bits per heavy atom. The summed E-state index contributed by atoms with van der Waals surface area (Å²) in [6.45, 7) is 3.99. The van der Waals surface area contributed by atoms with E-state index < -0.39 is 0 Å². The maximum Gasteiger partial charge on any atom is 0.268 e. The van der Waals surface area contributed by atoms with E-state index in [1.807, 2.05) is 56.3 Å². The van der Waals surface area contributed by atoms with Crippen molar-refractivity contribution in [1.29, 1.82) is 0 Å². The first-order valence-electron chi connectivity index (χ1n) is 8.51. The van der Waals surface area contributed by atoms with Crippen LogP contribution in [0.25, 0.3) is 21.1 Å². The highest BCUT2D eigenvalue weighted by Crippen LogP contribution is 2.36. The first-order chi connectivity index (χ1) is 13.0. The number of fused-ring (bicyclic) bond motifs is 2. The molecule has 4 aromatic rings. The van der Waals surface area contributed by atoms with E-state index in [4.69, 9.17) is 15.5 Å². The average molecular weight is 377 g/mol. The monoisotopic (exact) mass is 377 g/mol. The Balaban J connectivity index is 1.77. The fourth-order valence-electron chi connectivity index (χ4n) is 3.07. The van der Waals surface area contributed by atoms with E-state index in [0.29, 0.717) is 22.0 Å². The zero-order valence-corrected chi connectivity index (χ0v) is 16.1. The first-order valence-corrected chi connectivity index (χ1v) is 9.33. The van der Waals surface area contributed by atoms with Gasteiger partial charge in [-0.05, 0) is 49.2 Å². The predicted octanol–water partition coefficient (Wildman–Crippen LogP) is 4.91. The molecular formula is C21H19N3O2S. The molecule has 6 heteroatoms. The SMILES string of the molecule is COc1ccc(C)cc1NC(=O)c1sc2nc3cc(C)ccc3cc2c1N. The number of hydrogen-bond acceptors (Lipinski definition) is 5. The zero-order chi connectivity index (χ0) is 19.1. The Morgan fingerprint density at radius 2 is 1.85 bits per heavy atom. The minimum atomic E-state index is -0.264. The number of benzene rings is 2. The van der Waals surface area contributed by atoms with Gasteiger partial charge in [0.25, 0.3) is 5.91 Å². The molecule has 0 atom stereocenters. The van der Waals surface area contributed by atoms with Crippen molar-refractivity contribution in [3.05, 3.63) is 58.5 Å². The topological polar surface area (TPSA) is 77.2 Å². The number of nitrogens with zero attached hydrogens (tertiary/aromatic N) is 1. The van der Waals surface area contributed by atoms with Crippen molar-refractivity contribution in [1.82, 2.24) is 4.98 Å². The molecule has 0 saturated heterocycles. The molecule has 0 unspecified atom stereocenters. The number of amides is 1. The molecule has 136 valence electrons. The third-order valence-corrected chi connectivity index (χ3v) is 5.60. The van der Waals surface area contributed by atoms with Gasteiger partial charge in [-0.15, -0.1) is 11.3 Å². The molecule has 2 aromatic heterocycles. The second-order valence-electron chi connectivity index (χ2n) is 6.54. The molecule has 1 amide bonds. The van der Waals surface area contributed by atoms with E-state index in [1.54, 1.807) is 7.11 Å². The molecule has 3 N–H and O–H groups in total. The maximum atomic E-state index is 12.9. The lowest BCUT2D eigenvalue weighted by atomic mass is 10.1. The van der Waals surface area contributed by atoms with Gasteiger partial charge in [-0.25, -0.2) is 4.98 Å². The summed E-state index contributed by atoms with van der Waals surface area (Å²) in [4.78, 5) is 18.8. The number of hydrogen-bond donors (Lipinski definition) is 2. The lowest BCUT2D eigenvalue weighted by Gasteiger charge is -2.10. The fraction of sp³-hybridized carbons (Fsp3) is 0.143. The van der Waals surface area contributed by atoms with E-state index in [0.717, 1.165) is 32.2 Å². The molecule has 0 fully saturated rings. The Morgan fingerprint density at radius 3 is 2.63 bits per heavy atom. The van der Waals surface area contributed by atoms with Crippen molar-refractivity contribution >= 4 is 49.7 Å². The molecule has 0 bridgehead atoms. The van der Waals surface area contributed by atoms with Crippen LogP contribution in [0.5, 0.6) is 5.75 Å². The second-order valence-corrected chi connectivity index (χ2v) is 7.54. The van der Waals surface area contributed by atoms with Gasteiger partial charge >= 0.3 is 0 Å². The maximum absolute atomic E-state index is 12.9. The molecule has 5 nitrogen and oxygen atoms in total. The molecule has 0 aliphatic rings. The molecule has 4 rings (SSSR count). The summed E-state index contributed by atoms with van der Waals surface area (Å²) >= 11 is 1.30. The number of anilines is 2. The Bertz CT molecular complexity index is 1200. The van der Waals surface area contributed by atoms with Gasteiger partial charge in [0.2, 0.25) is 0 Å². The van der Waals surface area contributed by atoms with Crippen LogP contribution in [-0.4, -0.2) is 18.0 Å². The second kappa shape index (κ2) is 6.55. The summed E-state index contributed by atoms with van der Waals surface area (Å²) in [6, 6.07) is 13.7. The number of carbonyl (C=O) groups excluding carboxylic acids is 1. The van der Waals surface area contributed by atoms with Crippen molar-refractivity contribution in [2.45, 2.75) is 13.8 Å². The molecule has 0 aliphatic carbocycles. The minimum absolute atomic E-state index is 0.264. The first kappa shape index (κ1) is 17.3. The molecule has 0 saturated carbocycles. The summed E-state index contributed by atoms with van der Waals surface area (Å²) in [7, 11) is 1.57. The van der Waals surface area contributed by atoms with Crippen LogP contribution in [0, 0.1) is 13.8 Å². The lowest BCUT2D eigenvalue weighted by molar-refractivity contribution is 0.103. The minimum Gasteiger partial charge on any atom is -0.495 e. The van der Waals surface area contributed by atoms with Gasteiger partial charge in [0.05, 0.1) is 24.0 Å². The number of aromatic nitrogens is 1. The highest BCUT2D eigenvalue weighted by molar-refractivity contribution is 7.21. The van der Waals surface area contributed by atoms with Gasteiger partial charge < -0.3 is 15.8 Å². The van der Waals surface area contributed by atoms with Crippen LogP contribution in [0.2, 0.25) is 0 Å². The van der Waals surface area contributed by atoms with Crippen LogP contribution in [0.4, 0.5) is 11.4 Å². The highest BCUT2D eigenvalue weighted by atomic mass is 32.1. The van der Waals surface area contributed by atoms with Gasteiger partial charge in [0.15, 0.2) is 0 Å². The third-order valence-electron chi connectivity index (χ3n) is 4.48. The van der Waals surface area contributed by atoms with Gasteiger partial charge in [-0.2, -0.15) is 0 Å². The summed E-state index contributed by atoms with van der Waals surface area (Å²) in [6.07, 6.45) is 0. The van der Waals surface area contributed by atoms with E-state index >= 15 is 0 Å². The average Bonchev–Trinajstić information content (AvgIpc) is 2.96. The zero-order valence-electron chi connectivity index (χ0n) is 15.3. The van der Waals surface area contributed by atoms with Gasteiger partial charge in [-0.3, -0.25) is 4.79 Å². The summed E-state index contributed by atoms with van der Waals surface area (Å²) in [5.41, 5.74) is 10.4. The Kier molecular flexibility index (Phi) is 4.20. The van der Waals surface area contributed by atoms with Crippen molar-refractivity contribution in [2.24, 2.45) is 0 Å². The highest BCUT2D eigenvalue weighted by Gasteiger charge is 2.19. The standard InChI is InChI=1S/C21H19N3O2S/c1-11-4-6-13-10-14-18(22)19(27-21(14)24-15(13)8-11)20(25)23-16-9-12(2)5-7-17(16)26-3/h4-10H,22H2,1-3H3,(H,23,25). The number of rotatable bonds is 3. The van der Waals surface area contributed by atoms with Gasteiger partial charge in [-0.1, -0.05) is 18.2 Å². The quantitative estimate of drug-likeness (QED) is 0.532. The normalized spacial score (nSPS) is 11.1. The molecule has 0 spiro atoms. The van der Waals surface area contributed by atoms with Crippen LogP contribution in [0.3, 0.4) is 0 Å². The molecular weight excluding hydrogens is 358 g/mol. The van der Waals surface area contributed by atoms with Crippen LogP contribution < -0.4 is 15.8 Å². The number of thiophene rings is 1. The van der Waals surface area contributed by atoms with Crippen LogP contribution in [0.15, 0.2) is 42.5 Å². The number of pyridine rings is 1. The molecule has 27 heavy (non-hydrogen) atoms. The van der Waals surface area contributed by atoms with E-state index in [1.165, 1.54) is 11.3 Å². The fourth-order valence-corrected chi connectivity index (χ4v) is 4.05. The van der Waals surface area contributed by atoms with Crippen LogP contribution in [-0.2, 0) is 0 Å². The van der Waals surface area contributed by atoms with Crippen molar-refractivity contribution in [2.75, 3.05) is 18.2 Å². The Labute approximate surface area is 160 Å². The molecule has 2 aromatic carbocycles. The summed E-state index contributed by atoms with van der Waals surface area (Å²) in [5.74, 6) is 0.340. The predicted molar refractivity (Wildman–Crippen MR) is 112 cm³/mol. The van der Waals surface area contributed by atoms with E-state index in [9.17, 15) is 4.79 Å². The summed E-state index contributed by atoms with van der Waals surface area (Å²) < 4.78 is 5.33.